The van der Waals surface area contributed by atoms with Gasteiger partial charge < -0.3 is 20.1 Å². The number of methoxy groups -OCH3 is 1. The van der Waals surface area contributed by atoms with Crippen molar-refractivity contribution in [3.05, 3.63) is 35.9 Å². The second-order valence-corrected chi connectivity index (χ2v) is 3.93. The highest BCUT2D eigenvalue weighted by Gasteiger charge is 2.16. The van der Waals surface area contributed by atoms with E-state index in [4.69, 9.17) is 9.84 Å². The van der Waals surface area contributed by atoms with E-state index in [1.54, 1.807) is 19.1 Å². The molecule has 18 heavy (non-hydrogen) atoms. The zero-order valence-corrected chi connectivity index (χ0v) is 10.2. The maximum Gasteiger partial charge on any atom is 0.327 e. The van der Waals surface area contributed by atoms with Gasteiger partial charge in [-0.15, -0.1) is 0 Å². The average Bonchev–Trinajstić information content (AvgIpc) is 2.34. The van der Waals surface area contributed by atoms with Crippen molar-refractivity contribution in [1.82, 2.24) is 0 Å². The van der Waals surface area contributed by atoms with Crippen molar-refractivity contribution in [2.24, 2.45) is 5.92 Å². The van der Waals surface area contributed by atoms with Crippen molar-refractivity contribution >= 4 is 5.97 Å². The van der Waals surface area contributed by atoms with Gasteiger partial charge in [0.2, 0.25) is 0 Å². The van der Waals surface area contributed by atoms with Crippen LogP contribution in [0.1, 0.15) is 18.6 Å². The molecule has 0 saturated heterocycles. The van der Waals surface area contributed by atoms with E-state index >= 15 is 0 Å². The van der Waals surface area contributed by atoms with E-state index in [0.29, 0.717) is 11.3 Å². The Kier molecular flexibility index (Phi) is 4.74. The predicted molar refractivity (Wildman–Crippen MR) is 65.6 cm³/mol. The lowest BCUT2D eigenvalue weighted by atomic mass is 9.96. The number of ether oxygens (including phenoxy) is 1. The SMILES string of the molecule is COc1ccc([C@@H](O)[C@H](C)/C=C/C(=O)O)cc1O. The second kappa shape index (κ2) is 6.07. The molecule has 5 nitrogen and oxygen atoms in total. The molecule has 0 aliphatic carbocycles. The normalized spacial score (nSPS) is 14.4. The Labute approximate surface area is 105 Å². The first-order valence-electron chi connectivity index (χ1n) is 5.41. The first kappa shape index (κ1) is 14.1. The Hall–Kier alpha value is -2.01. The van der Waals surface area contributed by atoms with Crippen molar-refractivity contribution in [2.45, 2.75) is 13.0 Å². The molecule has 98 valence electrons. The summed E-state index contributed by atoms with van der Waals surface area (Å²) in [6.07, 6.45) is 1.49. The Morgan fingerprint density at radius 2 is 2.11 bits per heavy atom. The summed E-state index contributed by atoms with van der Waals surface area (Å²) in [5.41, 5.74) is 0.496. The number of hydrogen-bond donors (Lipinski definition) is 3. The topological polar surface area (TPSA) is 87.0 Å². The molecule has 0 amide bonds. The maximum absolute atomic E-state index is 10.4. The number of aliphatic hydroxyl groups excluding tert-OH is 1. The molecular weight excluding hydrogens is 236 g/mol. The number of benzene rings is 1. The van der Waals surface area contributed by atoms with Crippen molar-refractivity contribution in [3.8, 4) is 11.5 Å². The van der Waals surface area contributed by atoms with Crippen LogP contribution in [0, 0.1) is 5.92 Å². The van der Waals surface area contributed by atoms with Crippen LogP contribution in [0.3, 0.4) is 0 Å². The molecule has 0 saturated carbocycles. The molecule has 0 aromatic heterocycles. The molecule has 0 unspecified atom stereocenters. The third-order valence-corrected chi connectivity index (χ3v) is 2.58. The van der Waals surface area contributed by atoms with E-state index in [0.717, 1.165) is 6.08 Å². The number of phenolic OH excluding ortho intramolecular Hbond substituents is 1. The second-order valence-electron chi connectivity index (χ2n) is 3.93. The lowest BCUT2D eigenvalue weighted by Crippen LogP contribution is -2.07. The van der Waals surface area contributed by atoms with Gasteiger partial charge in [-0.1, -0.05) is 19.1 Å². The fourth-order valence-corrected chi connectivity index (χ4v) is 1.53. The van der Waals surface area contributed by atoms with Crippen LogP contribution in [-0.4, -0.2) is 28.4 Å². The molecule has 0 aliphatic heterocycles. The highest BCUT2D eigenvalue weighted by atomic mass is 16.5. The Balaban J connectivity index is 2.86. The van der Waals surface area contributed by atoms with Crippen LogP contribution in [0.5, 0.6) is 11.5 Å². The monoisotopic (exact) mass is 252 g/mol. The summed E-state index contributed by atoms with van der Waals surface area (Å²) in [4.78, 5) is 10.4. The van der Waals surface area contributed by atoms with Gasteiger partial charge in [-0.2, -0.15) is 0 Å². The summed E-state index contributed by atoms with van der Waals surface area (Å²) in [5.74, 6) is -1.19. The molecule has 0 radical (unpaired) electrons. The lowest BCUT2D eigenvalue weighted by Gasteiger charge is -2.16. The fourth-order valence-electron chi connectivity index (χ4n) is 1.53. The summed E-state index contributed by atoms with van der Waals surface area (Å²) in [7, 11) is 1.43. The van der Waals surface area contributed by atoms with E-state index in [2.05, 4.69) is 0 Å². The van der Waals surface area contributed by atoms with Crippen LogP contribution in [0.4, 0.5) is 0 Å². The number of aliphatic hydroxyl groups is 1. The summed E-state index contributed by atoms with van der Waals surface area (Å²) in [6, 6.07) is 4.56. The van der Waals surface area contributed by atoms with Gasteiger partial charge in [0, 0.05) is 12.0 Å². The van der Waals surface area contributed by atoms with Crippen LogP contribution in [0.25, 0.3) is 0 Å². The van der Waals surface area contributed by atoms with Crippen molar-refractivity contribution in [3.63, 3.8) is 0 Å². The third-order valence-electron chi connectivity index (χ3n) is 2.58. The highest BCUT2D eigenvalue weighted by molar-refractivity contribution is 5.79. The van der Waals surface area contributed by atoms with Crippen molar-refractivity contribution < 1.29 is 24.9 Å². The molecule has 1 aromatic carbocycles. The first-order chi connectivity index (χ1) is 8.45. The average molecular weight is 252 g/mol. The number of hydrogen-bond acceptors (Lipinski definition) is 4. The molecule has 0 heterocycles. The van der Waals surface area contributed by atoms with Crippen molar-refractivity contribution in [2.75, 3.05) is 7.11 Å². The molecule has 5 heteroatoms. The van der Waals surface area contributed by atoms with Crippen molar-refractivity contribution in [1.29, 1.82) is 0 Å². The quantitative estimate of drug-likeness (QED) is 0.694. The highest BCUT2D eigenvalue weighted by Crippen LogP contribution is 2.31. The number of carboxylic acids is 1. The molecule has 0 aliphatic rings. The molecule has 0 spiro atoms. The van der Waals surface area contributed by atoms with Gasteiger partial charge >= 0.3 is 5.97 Å². The Morgan fingerprint density at radius 1 is 1.44 bits per heavy atom. The largest absolute Gasteiger partial charge is 0.504 e. The number of phenols is 1. The number of carbonyl (C=O) groups is 1. The van der Waals surface area contributed by atoms with E-state index in [9.17, 15) is 15.0 Å². The van der Waals surface area contributed by atoms with Crippen LogP contribution in [0.15, 0.2) is 30.4 Å². The van der Waals surface area contributed by atoms with E-state index < -0.39 is 12.1 Å². The zero-order valence-electron chi connectivity index (χ0n) is 10.2. The number of rotatable bonds is 5. The minimum absolute atomic E-state index is 0.0662. The smallest absolute Gasteiger partial charge is 0.327 e. The molecule has 3 N–H and O–H groups in total. The van der Waals surface area contributed by atoms with Gasteiger partial charge in [0.15, 0.2) is 11.5 Å². The maximum atomic E-state index is 10.4. The lowest BCUT2D eigenvalue weighted by molar-refractivity contribution is -0.131. The van der Waals surface area contributed by atoms with Gasteiger partial charge in [-0.05, 0) is 17.7 Å². The number of carboxylic acid groups (broad SMARTS) is 1. The minimum atomic E-state index is -1.06. The van der Waals surface area contributed by atoms with Gasteiger partial charge in [0.1, 0.15) is 0 Å². The van der Waals surface area contributed by atoms with E-state index in [1.807, 2.05) is 0 Å². The molecule has 1 aromatic rings. The first-order valence-corrected chi connectivity index (χ1v) is 5.41. The Morgan fingerprint density at radius 3 is 2.61 bits per heavy atom. The number of aliphatic carboxylic acids is 1. The number of aromatic hydroxyl groups is 1. The summed E-state index contributed by atoms with van der Waals surface area (Å²) in [6.45, 7) is 1.69. The Bertz CT molecular complexity index is 453. The molecule has 0 fully saturated rings. The predicted octanol–water partition coefficient (Wildman–Crippen LogP) is 1.71. The molecule has 0 bridgehead atoms. The van der Waals surface area contributed by atoms with Crippen LogP contribution in [0.2, 0.25) is 0 Å². The van der Waals surface area contributed by atoms with Gasteiger partial charge in [-0.3, -0.25) is 0 Å². The standard InChI is InChI=1S/C13H16O5/c1-8(3-6-12(15)16)13(17)9-4-5-11(18-2)10(14)7-9/h3-8,13-14,17H,1-2H3,(H,15,16)/b6-3+/t8-,13+/m1/s1. The van der Waals surface area contributed by atoms with Crippen LogP contribution >= 0.6 is 0 Å². The third kappa shape index (κ3) is 3.49. The summed E-state index contributed by atoms with van der Waals surface area (Å²) in [5, 5.41) is 28.1. The minimum Gasteiger partial charge on any atom is -0.504 e. The van der Waals surface area contributed by atoms with Gasteiger partial charge in [0.05, 0.1) is 13.2 Å². The zero-order chi connectivity index (χ0) is 13.7. The summed E-state index contributed by atoms with van der Waals surface area (Å²) < 4.78 is 4.90. The van der Waals surface area contributed by atoms with Gasteiger partial charge in [-0.25, -0.2) is 4.79 Å². The molecule has 2 atom stereocenters. The van der Waals surface area contributed by atoms with Crippen LogP contribution in [-0.2, 0) is 4.79 Å². The van der Waals surface area contributed by atoms with Crippen LogP contribution < -0.4 is 4.74 Å². The molecular formula is C13H16O5. The van der Waals surface area contributed by atoms with E-state index in [1.165, 1.54) is 19.3 Å². The van der Waals surface area contributed by atoms with E-state index in [-0.39, 0.29) is 11.7 Å². The van der Waals surface area contributed by atoms with Gasteiger partial charge in [0.25, 0.3) is 0 Å². The molecule has 1 rings (SSSR count). The summed E-state index contributed by atoms with van der Waals surface area (Å²) >= 11 is 0. The fraction of sp³-hybridized carbons (Fsp3) is 0.308.